The Balaban J connectivity index is 1.58. The molecule has 2 heterocycles. The molecule has 0 radical (unpaired) electrons. The third kappa shape index (κ3) is 3.52. The predicted octanol–water partition coefficient (Wildman–Crippen LogP) is 3.60. The summed E-state index contributed by atoms with van der Waals surface area (Å²) in [6.45, 7) is 4.58. The number of furan rings is 1. The molecule has 1 saturated heterocycles. The van der Waals surface area contributed by atoms with Gasteiger partial charge in [0.2, 0.25) is 0 Å². The molecule has 1 aliphatic heterocycles. The van der Waals surface area contributed by atoms with Crippen LogP contribution in [0.2, 0.25) is 0 Å². The van der Waals surface area contributed by atoms with Crippen molar-refractivity contribution < 1.29 is 13.5 Å². The lowest BCUT2D eigenvalue weighted by Gasteiger charge is -2.18. The number of ether oxygens (including phenoxy) is 1. The van der Waals surface area contributed by atoms with E-state index in [0.29, 0.717) is 18.5 Å². The summed E-state index contributed by atoms with van der Waals surface area (Å²) >= 11 is 0. The number of rotatable bonds is 5. The fourth-order valence-corrected chi connectivity index (χ4v) is 2.62. The second-order valence-electron chi connectivity index (χ2n) is 5.57. The Kier molecular flexibility index (Phi) is 4.36. The molecule has 3 nitrogen and oxygen atoms in total. The number of hydrogen-bond donors (Lipinski definition) is 1. The zero-order valence-corrected chi connectivity index (χ0v) is 12.1. The molecule has 1 aliphatic rings. The van der Waals surface area contributed by atoms with Crippen LogP contribution < -0.4 is 5.32 Å². The van der Waals surface area contributed by atoms with Crippen LogP contribution in [0.15, 0.2) is 40.8 Å². The van der Waals surface area contributed by atoms with Gasteiger partial charge in [0.15, 0.2) is 0 Å². The van der Waals surface area contributed by atoms with Gasteiger partial charge in [-0.2, -0.15) is 0 Å². The summed E-state index contributed by atoms with van der Waals surface area (Å²) in [5, 5.41) is 3.48. The van der Waals surface area contributed by atoms with Crippen molar-refractivity contribution in [2.45, 2.75) is 25.9 Å². The summed E-state index contributed by atoms with van der Waals surface area (Å²) in [5.41, 5.74) is 0.889. The molecule has 3 rings (SSSR count). The fourth-order valence-electron chi connectivity index (χ4n) is 2.62. The Labute approximate surface area is 124 Å². The van der Waals surface area contributed by atoms with Crippen LogP contribution in [0.4, 0.5) is 4.39 Å². The normalized spacial score (nSPS) is 19.8. The van der Waals surface area contributed by atoms with Gasteiger partial charge in [-0.05, 0) is 55.7 Å². The number of benzene rings is 1. The molecule has 1 aromatic carbocycles. The van der Waals surface area contributed by atoms with Crippen molar-refractivity contribution in [1.29, 1.82) is 0 Å². The molecule has 2 atom stereocenters. The Morgan fingerprint density at radius 3 is 2.76 bits per heavy atom. The second kappa shape index (κ2) is 6.41. The fraction of sp³-hybridized carbons (Fsp3) is 0.412. The summed E-state index contributed by atoms with van der Waals surface area (Å²) in [4.78, 5) is 0. The van der Waals surface area contributed by atoms with Crippen LogP contribution in [0.1, 0.15) is 19.1 Å². The van der Waals surface area contributed by atoms with Gasteiger partial charge < -0.3 is 14.5 Å². The highest BCUT2D eigenvalue weighted by Gasteiger charge is 2.21. The molecular weight excluding hydrogens is 269 g/mol. The minimum absolute atomic E-state index is 0.236. The van der Waals surface area contributed by atoms with Crippen LogP contribution >= 0.6 is 0 Å². The molecule has 1 fully saturated rings. The van der Waals surface area contributed by atoms with Crippen LogP contribution in [-0.4, -0.2) is 19.3 Å². The number of hydrogen-bond acceptors (Lipinski definition) is 3. The van der Waals surface area contributed by atoms with E-state index < -0.39 is 0 Å². The second-order valence-corrected chi connectivity index (χ2v) is 5.57. The van der Waals surface area contributed by atoms with E-state index in [1.807, 2.05) is 12.1 Å². The van der Waals surface area contributed by atoms with E-state index in [4.69, 9.17) is 9.15 Å². The third-order valence-electron chi connectivity index (χ3n) is 4.06. The highest BCUT2D eigenvalue weighted by Crippen LogP contribution is 2.23. The van der Waals surface area contributed by atoms with Gasteiger partial charge in [-0.25, -0.2) is 4.39 Å². The monoisotopic (exact) mass is 289 g/mol. The van der Waals surface area contributed by atoms with Crippen molar-refractivity contribution >= 4 is 0 Å². The summed E-state index contributed by atoms with van der Waals surface area (Å²) in [5.74, 6) is 2.00. The number of halogens is 1. The molecule has 0 amide bonds. The predicted molar refractivity (Wildman–Crippen MR) is 79.3 cm³/mol. The maximum absolute atomic E-state index is 12.9. The molecule has 0 aliphatic carbocycles. The summed E-state index contributed by atoms with van der Waals surface area (Å²) in [7, 11) is 0. The minimum Gasteiger partial charge on any atom is -0.460 e. The lowest BCUT2D eigenvalue weighted by Crippen LogP contribution is -2.33. The Morgan fingerprint density at radius 1 is 1.24 bits per heavy atom. The van der Waals surface area contributed by atoms with E-state index in [1.165, 1.54) is 12.1 Å². The maximum atomic E-state index is 12.9. The summed E-state index contributed by atoms with van der Waals surface area (Å²) in [6, 6.07) is 10.6. The first-order valence-corrected chi connectivity index (χ1v) is 7.38. The van der Waals surface area contributed by atoms with Gasteiger partial charge >= 0.3 is 0 Å². The zero-order chi connectivity index (χ0) is 14.7. The van der Waals surface area contributed by atoms with Gasteiger partial charge in [0.25, 0.3) is 0 Å². The highest BCUT2D eigenvalue weighted by molar-refractivity contribution is 5.57. The molecule has 2 unspecified atom stereocenters. The van der Waals surface area contributed by atoms with E-state index in [1.54, 1.807) is 12.1 Å². The average molecular weight is 289 g/mol. The van der Waals surface area contributed by atoms with Crippen molar-refractivity contribution in [3.63, 3.8) is 0 Å². The maximum Gasteiger partial charge on any atom is 0.134 e. The van der Waals surface area contributed by atoms with Gasteiger partial charge in [-0.1, -0.05) is 0 Å². The van der Waals surface area contributed by atoms with Gasteiger partial charge in [-0.3, -0.25) is 0 Å². The molecule has 1 aromatic heterocycles. The topological polar surface area (TPSA) is 34.4 Å². The molecule has 112 valence electrons. The Morgan fingerprint density at radius 2 is 2.05 bits per heavy atom. The van der Waals surface area contributed by atoms with E-state index in [2.05, 4.69) is 12.2 Å². The largest absolute Gasteiger partial charge is 0.460 e. The summed E-state index contributed by atoms with van der Waals surface area (Å²) in [6.07, 6.45) is 1.12. The van der Waals surface area contributed by atoms with E-state index in [0.717, 1.165) is 36.7 Å². The van der Waals surface area contributed by atoms with E-state index >= 15 is 0 Å². The first-order valence-electron chi connectivity index (χ1n) is 7.38. The van der Waals surface area contributed by atoms with Crippen molar-refractivity contribution in [3.8, 4) is 11.3 Å². The van der Waals surface area contributed by atoms with Crippen LogP contribution in [0.25, 0.3) is 11.3 Å². The highest BCUT2D eigenvalue weighted by atomic mass is 19.1. The van der Waals surface area contributed by atoms with Crippen molar-refractivity contribution in [2.75, 3.05) is 13.2 Å². The van der Waals surface area contributed by atoms with Crippen LogP contribution in [0.3, 0.4) is 0 Å². The van der Waals surface area contributed by atoms with E-state index in [-0.39, 0.29) is 5.82 Å². The lowest BCUT2D eigenvalue weighted by molar-refractivity contribution is 0.178. The minimum atomic E-state index is -0.236. The molecule has 0 saturated carbocycles. The van der Waals surface area contributed by atoms with Gasteiger partial charge in [0.1, 0.15) is 17.3 Å². The molecule has 21 heavy (non-hydrogen) atoms. The SMILES string of the molecule is CC(NCc1ccc(-c2ccc(F)cc2)o1)C1CCOC1. The zero-order valence-electron chi connectivity index (χ0n) is 12.1. The molecule has 4 heteroatoms. The van der Waals surface area contributed by atoms with Crippen molar-refractivity contribution in [1.82, 2.24) is 5.32 Å². The molecular formula is C17H20FNO2. The third-order valence-corrected chi connectivity index (χ3v) is 4.06. The standard InChI is InChI=1S/C17H20FNO2/c1-12(14-8-9-20-11-14)19-10-16-6-7-17(21-16)13-2-4-15(18)5-3-13/h2-7,12,14,19H,8-11H2,1H3. The van der Waals surface area contributed by atoms with Gasteiger partial charge in [0, 0.05) is 18.2 Å². The Hall–Kier alpha value is -1.65. The number of nitrogens with one attached hydrogen (secondary N) is 1. The molecule has 2 aromatic rings. The van der Waals surface area contributed by atoms with Crippen LogP contribution in [0.5, 0.6) is 0 Å². The average Bonchev–Trinajstić information content (AvgIpc) is 3.17. The van der Waals surface area contributed by atoms with Crippen molar-refractivity contribution in [3.05, 3.63) is 48.0 Å². The lowest BCUT2D eigenvalue weighted by atomic mass is 10.0. The molecule has 1 N–H and O–H groups in total. The quantitative estimate of drug-likeness (QED) is 0.913. The van der Waals surface area contributed by atoms with Gasteiger partial charge in [0.05, 0.1) is 13.2 Å². The van der Waals surface area contributed by atoms with E-state index in [9.17, 15) is 4.39 Å². The molecule has 0 bridgehead atoms. The van der Waals surface area contributed by atoms with Crippen LogP contribution in [0, 0.1) is 11.7 Å². The first kappa shape index (κ1) is 14.3. The molecule has 0 spiro atoms. The van der Waals surface area contributed by atoms with Crippen molar-refractivity contribution in [2.24, 2.45) is 5.92 Å². The summed E-state index contributed by atoms with van der Waals surface area (Å²) < 4.78 is 24.1. The van der Waals surface area contributed by atoms with Gasteiger partial charge in [-0.15, -0.1) is 0 Å². The Bertz CT molecular complexity index is 573. The van der Waals surface area contributed by atoms with Crippen LogP contribution in [-0.2, 0) is 11.3 Å². The first-order chi connectivity index (χ1) is 10.2. The smallest absolute Gasteiger partial charge is 0.134 e.